The number of rotatable bonds is 6. The summed E-state index contributed by atoms with van der Waals surface area (Å²) in [5, 5.41) is 6.07. The van der Waals surface area contributed by atoms with Gasteiger partial charge in [-0.15, -0.1) is 6.42 Å². The molecule has 0 bridgehead atoms. The second-order valence-electron chi connectivity index (χ2n) is 6.73. The molecule has 5 heteroatoms. The van der Waals surface area contributed by atoms with Crippen molar-refractivity contribution in [3.05, 3.63) is 95.6 Å². The van der Waals surface area contributed by atoms with Crippen LogP contribution in [0.4, 0.5) is 5.69 Å². The molecule has 0 spiro atoms. The van der Waals surface area contributed by atoms with Crippen molar-refractivity contribution in [3.63, 3.8) is 0 Å². The summed E-state index contributed by atoms with van der Waals surface area (Å²) < 4.78 is 10.9. The summed E-state index contributed by atoms with van der Waals surface area (Å²) >= 11 is 0. The van der Waals surface area contributed by atoms with Gasteiger partial charge in [-0.1, -0.05) is 60.5 Å². The summed E-state index contributed by atoms with van der Waals surface area (Å²) in [5.41, 5.74) is 3.46. The van der Waals surface area contributed by atoms with Crippen molar-refractivity contribution >= 4 is 23.4 Å². The fourth-order valence-corrected chi connectivity index (χ4v) is 3.28. The van der Waals surface area contributed by atoms with Crippen LogP contribution in [0.2, 0.25) is 0 Å². The number of carbonyl (C=O) groups is 1. The molecule has 0 radical (unpaired) electrons. The number of hydrazone groups is 1. The van der Waals surface area contributed by atoms with Crippen LogP contribution in [-0.4, -0.2) is 25.3 Å². The lowest BCUT2D eigenvalue weighted by Gasteiger charge is -2.11. The van der Waals surface area contributed by atoms with Gasteiger partial charge in [-0.05, 0) is 35.9 Å². The number of nitrogens with zero attached hydrogens (tertiary/aromatic N) is 2. The van der Waals surface area contributed by atoms with Crippen molar-refractivity contribution in [1.82, 2.24) is 0 Å². The SMILES string of the molecule is C#CCOc1ccc(/C=C2\C(=O)N(c3ccccc3)N=C2c2ccccc2)cc1OC. The molecule has 4 rings (SSSR count). The minimum absolute atomic E-state index is 0.145. The highest BCUT2D eigenvalue weighted by Crippen LogP contribution is 2.31. The maximum absolute atomic E-state index is 13.3. The van der Waals surface area contributed by atoms with Crippen molar-refractivity contribution in [3.8, 4) is 23.8 Å². The van der Waals surface area contributed by atoms with Gasteiger partial charge in [0.2, 0.25) is 0 Å². The lowest BCUT2D eigenvalue weighted by Crippen LogP contribution is -2.21. The number of benzene rings is 3. The first-order valence-corrected chi connectivity index (χ1v) is 9.71. The molecule has 0 atom stereocenters. The Kier molecular flexibility index (Phi) is 5.82. The zero-order valence-corrected chi connectivity index (χ0v) is 17.0. The highest BCUT2D eigenvalue weighted by atomic mass is 16.5. The van der Waals surface area contributed by atoms with Gasteiger partial charge in [0.15, 0.2) is 11.5 Å². The van der Waals surface area contributed by atoms with Crippen molar-refractivity contribution in [2.45, 2.75) is 0 Å². The van der Waals surface area contributed by atoms with E-state index in [0.29, 0.717) is 28.5 Å². The van der Waals surface area contributed by atoms with Gasteiger partial charge in [0.05, 0.1) is 18.4 Å². The van der Waals surface area contributed by atoms with Crippen molar-refractivity contribution in [2.75, 3.05) is 18.7 Å². The minimum Gasteiger partial charge on any atom is -0.493 e. The second-order valence-corrected chi connectivity index (χ2v) is 6.73. The van der Waals surface area contributed by atoms with E-state index in [2.05, 4.69) is 11.0 Å². The number of para-hydroxylation sites is 1. The topological polar surface area (TPSA) is 51.1 Å². The van der Waals surface area contributed by atoms with E-state index in [0.717, 1.165) is 11.1 Å². The van der Waals surface area contributed by atoms with Gasteiger partial charge in [0, 0.05) is 5.56 Å². The first-order chi connectivity index (χ1) is 15.2. The molecule has 3 aromatic carbocycles. The number of hydrogen-bond donors (Lipinski definition) is 0. The standard InChI is InChI=1S/C26H20N2O3/c1-3-16-31-23-15-14-19(18-24(23)30-2)17-22-25(20-10-6-4-7-11-20)27-28(26(22)29)21-12-8-5-9-13-21/h1,4-15,17-18H,16H2,2H3/b22-17-. The molecule has 1 aliphatic rings. The fraction of sp³-hybridized carbons (Fsp3) is 0.0769. The first kappa shape index (κ1) is 20.0. The molecule has 0 saturated heterocycles. The molecule has 0 aromatic heterocycles. The molecule has 0 N–H and O–H groups in total. The van der Waals surface area contributed by atoms with Gasteiger partial charge in [-0.2, -0.15) is 10.1 Å². The molecule has 0 unspecified atom stereocenters. The van der Waals surface area contributed by atoms with Crippen LogP contribution in [0.15, 0.2) is 89.5 Å². The number of amides is 1. The largest absolute Gasteiger partial charge is 0.493 e. The van der Waals surface area contributed by atoms with Crippen molar-refractivity contribution in [2.24, 2.45) is 5.10 Å². The Balaban J connectivity index is 1.77. The van der Waals surface area contributed by atoms with E-state index < -0.39 is 0 Å². The zero-order valence-electron chi connectivity index (χ0n) is 17.0. The van der Waals surface area contributed by atoms with Gasteiger partial charge in [-0.25, -0.2) is 0 Å². The van der Waals surface area contributed by atoms with Gasteiger partial charge in [-0.3, -0.25) is 4.79 Å². The lowest BCUT2D eigenvalue weighted by atomic mass is 10.00. The second kappa shape index (κ2) is 9.02. The Bertz CT molecular complexity index is 1190. The summed E-state index contributed by atoms with van der Waals surface area (Å²) in [6, 6.07) is 24.4. The molecule has 1 amide bonds. The molecule has 0 fully saturated rings. The Hall–Kier alpha value is -4.30. The van der Waals surface area contributed by atoms with E-state index in [9.17, 15) is 4.79 Å². The van der Waals surface area contributed by atoms with E-state index in [-0.39, 0.29) is 12.5 Å². The van der Waals surface area contributed by atoms with Crippen LogP contribution in [-0.2, 0) is 4.79 Å². The quantitative estimate of drug-likeness (QED) is 0.444. The van der Waals surface area contributed by atoms with Crippen LogP contribution in [0.1, 0.15) is 11.1 Å². The number of methoxy groups -OCH3 is 1. The van der Waals surface area contributed by atoms with Gasteiger partial charge in [0.1, 0.15) is 12.3 Å². The Morgan fingerprint density at radius 3 is 2.39 bits per heavy atom. The summed E-state index contributed by atoms with van der Waals surface area (Å²) in [5.74, 6) is 3.32. The number of ether oxygens (including phenoxy) is 2. The number of terminal acetylenes is 1. The first-order valence-electron chi connectivity index (χ1n) is 9.71. The molecule has 152 valence electrons. The van der Waals surface area contributed by atoms with E-state index in [1.54, 1.807) is 19.2 Å². The van der Waals surface area contributed by atoms with E-state index in [1.807, 2.05) is 72.8 Å². The molecule has 1 aliphatic heterocycles. The van der Waals surface area contributed by atoms with Gasteiger partial charge >= 0.3 is 0 Å². The molecule has 0 aliphatic carbocycles. The Morgan fingerprint density at radius 1 is 1.00 bits per heavy atom. The molecule has 3 aromatic rings. The van der Waals surface area contributed by atoms with E-state index in [1.165, 1.54) is 5.01 Å². The molecule has 31 heavy (non-hydrogen) atoms. The third kappa shape index (κ3) is 4.19. The Labute approximate surface area is 181 Å². The summed E-state index contributed by atoms with van der Waals surface area (Å²) in [4.78, 5) is 13.3. The van der Waals surface area contributed by atoms with Gasteiger partial charge in [0.25, 0.3) is 5.91 Å². The van der Waals surface area contributed by atoms with Crippen molar-refractivity contribution in [1.29, 1.82) is 0 Å². The maximum atomic E-state index is 13.3. The molecule has 0 saturated carbocycles. The average molecular weight is 408 g/mol. The number of carbonyl (C=O) groups excluding carboxylic acids is 1. The van der Waals surface area contributed by atoms with Crippen LogP contribution in [0, 0.1) is 12.3 Å². The predicted molar refractivity (Wildman–Crippen MR) is 122 cm³/mol. The molecule has 1 heterocycles. The van der Waals surface area contributed by atoms with Crippen molar-refractivity contribution < 1.29 is 14.3 Å². The average Bonchev–Trinajstić information content (AvgIpc) is 3.15. The molecule has 5 nitrogen and oxygen atoms in total. The maximum Gasteiger partial charge on any atom is 0.281 e. The minimum atomic E-state index is -0.198. The fourth-order valence-electron chi connectivity index (χ4n) is 3.28. The molecular formula is C26H20N2O3. The van der Waals surface area contributed by atoms with E-state index in [4.69, 9.17) is 15.9 Å². The lowest BCUT2D eigenvalue weighted by molar-refractivity contribution is -0.114. The highest BCUT2D eigenvalue weighted by molar-refractivity contribution is 6.37. The Morgan fingerprint density at radius 2 is 1.71 bits per heavy atom. The van der Waals surface area contributed by atoms with Crippen LogP contribution >= 0.6 is 0 Å². The third-order valence-corrected chi connectivity index (χ3v) is 4.74. The number of anilines is 1. The van der Waals surface area contributed by atoms with Crippen LogP contribution in [0.5, 0.6) is 11.5 Å². The zero-order chi connectivity index (χ0) is 21.6. The monoisotopic (exact) mass is 408 g/mol. The van der Waals surface area contributed by atoms with Gasteiger partial charge < -0.3 is 9.47 Å². The number of hydrogen-bond acceptors (Lipinski definition) is 4. The van der Waals surface area contributed by atoms with E-state index >= 15 is 0 Å². The predicted octanol–water partition coefficient (Wildman–Crippen LogP) is 4.54. The van der Waals surface area contributed by atoms with Crippen LogP contribution in [0.25, 0.3) is 6.08 Å². The van der Waals surface area contributed by atoms with Crippen LogP contribution < -0.4 is 14.5 Å². The summed E-state index contributed by atoms with van der Waals surface area (Å²) in [6.07, 6.45) is 7.08. The smallest absolute Gasteiger partial charge is 0.281 e. The highest BCUT2D eigenvalue weighted by Gasteiger charge is 2.32. The summed E-state index contributed by atoms with van der Waals surface area (Å²) in [6.45, 7) is 0.145. The normalized spacial score (nSPS) is 14.3. The molecular weight excluding hydrogens is 388 g/mol. The van der Waals surface area contributed by atoms with Crippen LogP contribution in [0.3, 0.4) is 0 Å². The third-order valence-electron chi connectivity index (χ3n) is 4.74. The summed E-state index contributed by atoms with van der Waals surface area (Å²) in [7, 11) is 1.56.